The molecule has 0 saturated heterocycles. The molecule has 0 aromatic heterocycles. The third-order valence-corrected chi connectivity index (χ3v) is 2.20. The summed E-state index contributed by atoms with van der Waals surface area (Å²) in [7, 11) is 0. The molecule has 1 amide bonds. The van der Waals surface area contributed by atoms with Crippen LogP contribution in [0.1, 0.15) is 48.0 Å². The van der Waals surface area contributed by atoms with Gasteiger partial charge >= 0.3 is 6.09 Å². The molecular formula is C13H26N2O2. The monoisotopic (exact) mass is 242 g/mol. The first-order chi connectivity index (χ1) is 7.56. The van der Waals surface area contributed by atoms with Crippen molar-refractivity contribution in [2.75, 3.05) is 0 Å². The van der Waals surface area contributed by atoms with Crippen LogP contribution in [0.5, 0.6) is 0 Å². The molecule has 100 valence electrons. The summed E-state index contributed by atoms with van der Waals surface area (Å²) in [4.78, 5) is 11.5. The number of hydrazine groups is 1. The van der Waals surface area contributed by atoms with Gasteiger partial charge in [0.15, 0.2) is 0 Å². The predicted molar refractivity (Wildman–Crippen MR) is 70.6 cm³/mol. The zero-order chi connectivity index (χ0) is 13.7. The van der Waals surface area contributed by atoms with Crippen LogP contribution < -0.4 is 10.9 Å². The summed E-state index contributed by atoms with van der Waals surface area (Å²) in [6.45, 7) is 15.5. The molecule has 0 fully saturated rings. The van der Waals surface area contributed by atoms with Crippen LogP contribution in [0.2, 0.25) is 0 Å². The standard InChI is InChI=1S/C13H26N2O2/c1-8-9-10(12(2,3)4)14-15-11(16)17-13(5,6)7/h8,10,14H,1,9H2,2-7H3,(H,15,16)/t10-/m0/s1. The zero-order valence-corrected chi connectivity index (χ0v) is 11.9. The van der Waals surface area contributed by atoms with E-state index in [0.29, 0.717) is 0 Å². The Morgan fingerprint density at radius 3 is 2.18 bits per heavy atom. The van der Waals surface area contributed by atoms with E-state index in [1.807, 2.05) is 26.8 Å². The van der Waals surface area contributed by atoms with Crippen LogP contribution in [-0.4, -0.2) is 17.7 Å². The van der Waals surface area contributed by atoms with E-state index in [2.05, 4.69) is 38.2 Å². The van der Waals surface area contributed by atoms with E-state index < -0.39 is 11.7 Å². The molecule has 0 aliphatic rings. The number of ether oxygens (including phenoxy) is 1. The van der Waals surface area contributed by atoms with Gasteiger partial charge in [-0.05, 0) is 32.6 Å². The Morgan fingerprint density at radius 2 is 1.82 bits per heavy atom. The van der Waals surface area contributed by atoms with Gasteiger partial charge in [-0.1, -0.05) is 26.8 Å². The highest BCUT2D eigenvalue weighted by atomic mass is 16.6. The summed E-state index contributed by atoms with van der Waals surface area (Å²) in [5.41, 5.74) is 5.11. The molecule has 0 aliphatic heterocycles. The van der Waals surface area contributed by atoms with Gasteiger partial charge in [-0.15, -0.1) is 6.58 Å². The van der Waals surface area contributed by atoms with E-state index >= 15 is 0 Å². The summed E-state index contributed by atoms with van der Waals surface area (Å²) in [6, 6.07) is 0.118. The Morgan fingerprint density at radius 1 is 1.29 bits per heavy atom. The van der Waals surface area contributed by atoms with E-state index in [0.717, 1.165) is 6.42 Å². The minimum absolute atomic E-state index is 0.0310. The lowest BCUT2D eigenvalue weighted by Crippen LogP contribution is -2.51. The first-order valence-corrected chi connectivity index (χ1v) is 5.91. The van der Waals surface area contributed by atoms with Crippen LogP contribution >= 0.6 is 0 Å². The fourth-order valence-electron chi connectivity index (χ4n) is 1.25. The molecule has 4 nitrogen and oxygen atoms in total. The highest BCUT2D eigenvalue weighted by Crippen LogP contribution is 2.21. The summed E-state index contributed by atoms with van der Waals surface area (Å²) in [5, 5.41) is 0. The number of rotatable bonds is 4. The molecular weight excluding hydrogens is 216 g/mol. The molecule has 0 spiro atoms. The summed E-state index contributed by atoms with van der Waals surface area (Å²) < 4.78 is 5.14. The molecule has 4 heteroatoms. The molecule has 0 aliphatic carbocycles. The van der Waals surface area contributed by atoms with E-state index in [1.54, 1.807) is 0 Å². The second-order valence-electron chi connectivity index (χ2n) is 6.21. The van der Waals surface area contributed by atoms with Gasteiger partial charge in [0.2, 0.25) is 0 Å². The van der Waals surface area contributed by atoms with Crippen LogP contribution in [0.25, 0.3) is 0 Å². The molecule has 0 unspecified atom stereocenters. The van der Waals surface area contributed by atoms with Gasteiger partial charge in [0, 0.05) is 6.04 Å². The third-order valence-electron chi connectivity index (χ3n) is 2.20. The van der Waals surface area contributed by atoms with Crippen molar-refractivity contribution in [3.05, 3.63) is 12.7 Å². The molecule has 0 saturated carbocycles. The smallest absolute Gasteiger partial charge is 0.422 e. The normalized spacial score (nSPS) is 14.0. The van der Waals surface area contributed by atoms with Crippen LogP contribution in [0.4, 0.5) is 4.79 Å². The minimum Gasteiger partial charge on any atom is -0.443 e. The van der Waals surface area contributed by atoms with Crippen molar-refractivity contribution in [2.24, 2.45) is 5.41 Å². The number of nitrogens with one attached hydrogen (secondary N) is 2. The Labute approximate surface area is 105 Å². The van der Waals surface area contributed by atoms with Gasteiger partial charge in [0.1, 0.15) is 5.60 Å². The van der Waals surface area contributed by atoms with E-state index in [-0.39, 0.29) is 11.5 Å². The number of hydrogen-bond donors (Lipinski definition) is 2. The quantitative estimate of drug-likeness (QED) is 0.588. The number of hydrogen-bond acceptors (Lipinski definition) is 3. The maximum Gasteiger partial charge on any atom is 0.422 e. The molecule has 0 heterocycles. The molecule has 1 atom stereocenters. The van der Waals surface area contributed by atoms with Gasteiger partial charge in [-0.2, -0.15) is 0 Å². The van der Waals surface area contributed by atoms with Crippen LogP contribution in [0, 0.1) is 5.41 Å². The van der Waals surface area contributed by atoms with Crippen molar-refractivity contribution in [1.29, 1.82) is 0 Å². The predicted octanol–water partition coefficient (Wildman–Crippen LogP) is 3.01. The molecule has 0 aromatic rings. The van der Waals surface area contributed by atoms with Crippen molar-refractivity contribution in [1.82, 2.24) is 10.9 Å². The van der Waals surface area contributed by atoms with Crippen molar-refractivity contribution < 1.29 is 9.53 Å². The number of amides is 1. The lowest BCUT2D eigenvalue weighted by Gasteiger charge is -2.31. The Kier molecular flexibility index (Phi) is 5.69. The summed E-state index contributed by atoms with van der Waals surface area (Å²) in [5.74, 6) is 0. The molecule has 0 radical (unpaired) electrons. The molecule has 0 bridgehead atoms. The average Bonchev–Trinajstić information content (AvgIpc) is 2.07. The molecule has 0 rings (SSSR count). The van der Waals surface area contributed by atoms with Gasteiger partial charge in [-0.25, -0.2) is 10.2 Å². The van der Waals surface area contributed by atoms with E-state index in [9.17, 15) is 4.79 Å². The maximum absolute atomic E-state index is 11.5. The SMILES string of the molecule is C=CC[C@H](NNC(=O)OC(C)(C)C)C(C)(C)C. The second-order valence-corrected chi connectivity index (χ2v) is 6.21. The highest BCUT2D eigenvalue weighted by molar-refractivity contribution is 5.67. The molecule has 2 N–H and O–H groups in total. The fourth-order valence-corrected chi connectivity index (χ4v) is 1.25. The minimum atomic E-state index is -0.485. The van der Waals surface area contributed by atoms with Gasteiger partial charge in [0.05, 0.1) is 0 Å². The van der Waals surface area contributed by atoms with E-state index in [4.69, 9.17) is 4.74 Å². The molecule has 17 heavy (non-hydrogen) atoms. The molecule has 0 aromatic carbocycles. The first kappa shape index (κ1) is 16.0. The number of carbonyl (C=O) groups is 1. The topological polar surface area (TPSA) is 50.4 Å². The average molecular weight is 242 g/mol. The lowest BCUT2D eigenvalue weighted by molar-refractivity contribution is 0.0470. The third kappa shape index (κ3) is 7.80. The van der Waals surface area contributed by atoms with Crippen molar-refractivity contribution >= 4 is 6.09 Å². The lowest BCUT2D eigenvalue weighted by atomic mass is 9.85. The summed E-state index contributed by atoms with van der Waals surface area (Å²) >= 11 is 0. The first-order valence-electron chi connectivity index (χ1n) is 5.91. The Bertz CT molecular complexity index is 262. The highest BCUT2D eigenvalue weighted by Gasteiger charge is 2.24. The Hall–Kier alpha value is -1.03. The Balaban J connectivity index is 4.23. The second kappa shape index (κ2) is 6.05. The van der Waals surface area contributed by atoms with Crippen LogP contribution in [0.3, 0.4) is 0 Å². The number of carbonyl (C=O) groups excluding carboxylic acids is 1. The van der Waals surface area contributed by atoms with Gasteiger partial charge < -0.3 is 4.74 Å². The fraction of sp³-hybridized carbons (Fsp3) is 0.769. The van der Waals surface area contributed by atoms with Gasteiger partial charge in [-0.3, -0.25) is 5.43 Å². The van der Waals surface area contributed by atoms with Crippen LogP contribution in [0.15, 0.2) is 12.7 Å². The van der Waals surface area contributed by atoms with Gasteiger partial charge in [0.25, 0.3) is 0 Å². The van der Waals surface area contributed by atoms with Crippen molar-refractivity contribution in [3.8, 4) is 0 Å². The van der Waals surface area contributed by atoms with Crippen molar-refractivity contribution in [3.63, 3.8) is 0 Å². The maximum atomic E-state index is 11.5. The largest absolute Gasteiger partial charge is 0.443 e. The van der Waals surface area contributed by atoms with E-state index in [1.165, 1.54) is 0 Å². The zero-order valence-electron chi connectivity index (χ0n) is 11.9. The van der Waals surface area contributed by atoms with Crippen LogP contribution in [-0.2, 0) is 4.74 Å². The van der Waals surface area contributed by atoms with Crippen molar-refractivity contribution in [2.45, 2.75) is 59.6 Å². The summed E-state index contributed by atoms with van der Waals surface area (Å²) in [6.07, 6.45) is 2.15.